The standard InChI is InChI=1S/C42H51F3N6O6/c1-24-25(2)41(55)48(3)22-31(24)27-17-36(56-4)32(37(18-27)57-5)23-51-29-7-8-30(51)21-50(20-29)39(53)16-26-12-14-49(15-13-26)35-10-6-28(19-33(35)42(43,44)45)46-34-9-11-38(52)47-40(34)54/h6,10,17-19,22,26,29-30,34,46H,7-9,11-16,20-21,23H2,1-5H3,(H,47,52,54). The van der Waals surface area contributed by atoms with Gasteiger partial charge in [-0.3, -0.25) is 29.4 Å². The number of halogens is 3. The minimum atomic E-state index is -4.62. The topological polar surface area (TPSA) is 125 Å². The first-order chi connectivity index (χ1) is 27.1. The second kappa shape index (κ2) is 16.1. The van der Waals surface area contributed by atoms with Gasteiger partial charge in [0.25, 0.3) is 5.56 Å². The van der Waals surface area contributed by atoms with E-state index in [-0.39, 0.29) is 53.7 Å². The molecule has 1 aromatic heterocycles. The van der Waals surface area contributed by atoms with E-state index < -0.39 is 29.6 Å². The van der Waals surface area contributed by atoms with Crippen LogP contribution >= 0.6 is 0 Å². The molecule has 0 spiro atoms. The molecule has 15 heteroatoms. The molecule has 3 amide bonds. The number of imide groups is 1. The van der Waals surface area contributed by atoms with Gasteiger partial charge in [-0.05, 0) is 93.3 Å². The fourth-order valence-corrected chi connectivity index (χ4v) is 9.11. The van der Waals surface area contributed by atoms with Crippen molar-refractivity contribution in [3.8, 4) is 22.6 Å². The van der Waals surface area contributed by atoms with Crippen LogP contribution in [-0.2, 0) is 34.2 Å². The molecule has 306 valence electrons. The number of hydrogen-bond acceptors (Lipinski definition) is 9. The number of nitrogens with zero attached hydrogens (tertiary/aromatic N) is 4. The van der Waals surface area contributed by atoms with Crippen LogP contribution in [-0.4, -0.2) is 90.6 Å². The number of hydrogen-bond donors (Lipinski definition) is 2. The number of ether oxygens (including phenoxy) is 2. The zero-order valence-corrected chi connectivity index (χ0v) is 33.1. The Hall–Kier alpha value is -5.05. The lowest BCUT2D eigenvalue weighted by molar-refractivity contribution is -0.137. The Morgan fingerprint density at radius 2 is 1.56 bits per heavy atom. The molecular weight excluding hydrogens is 741 g/mol. The normalized spacial score (nSPS) is 21.8. The quantitative estimate of drug-likeness (QED) is 0.260. The summed E-state index contributed by atoms with van der Waals surface area (Å²) in [5.41, 5.74) is 3.77. The summed E-state index contributed by atoms with van der Waals surface area (Å²) in [6, 6.07) is 7.55. The van der Waals surface area contributed by atoms with E-state index in [1.165, 1.54) is 12.1 Å². The molecule has 3 atom stereocenters. The number of amides is 3. The second-order valence-corrected chi connectivity index (χ2v) is 15.9. The largest absolute Gasteiger partial charge is 0.496 e. The molecule has 0 saturated carbocycles. The molecule has 4 aliphatic rings. The molecule has 2 N–H and O–H groups in total. The van der Waals surface area contributed by atoms with E-state index >= 15 is 0 Å². The van der Waals surface area contributed by atoms with Crippen LogP contribution in [0.25, 0.3) is 11.1 Å². The number of piperazine rings is 1. The first kappa shape index (κ1) is 40.2. The Labute approximate surface area is 330 Å². The van der Waals surface area contributed by atoms with Crippen LogP contribution < -0.4 is 30.6 Å². The molecular formula is C42H51F3N6O6. The van der Waals surface area contributed by atoms with Crippen molar-refractivity contribution in [1.29, 1.82) is 0 Å². The van der Waals surface area contributed by atoms with Gasteiger partial charge in [0.2, 0.25) is 17.7 Å². The Morgan fingerprint density at radius 3 is 2.16 bits per heavy atom. The molecule has 2 bridgehead atoms. The van der Waals surface area contributed by atoms with Gasteiger partial charge in [0.05, 0.1) is 25.3 Å². The van der Waals surface area contributed by atoms with Gasteiger partial charge in [0.1, 0.15) is 17.5 Å². The number of pyridine rings is 1. The van der Waals surface area contributed by atoms with E-state index in [9.17, 15) is 32.3 Å². The van der Waals surface area contributed by atoms with Gasteiger partial charge in [0, 0.05) is 93.4 Å². The molecule has 3 unspecified atom stereocenters. The van der Waals surface area contributed by atoms with Crippen LogP contribution in [0.4, 0.5) is 24.5 Å². The van der Waals surface area contributed by atoms with Crippen LogP contribution in [0.3, 0.4) is 0 Å². The monoisotopic (exact) mass is 792 g/mol. The highest BCUT2D eigenvalue weighted by molar-refractivity contribution is 6.01. The molecule has 2 aromatic carbocycles. The summed E-state index contributed by atoms with van der Waals surface area (Å²) >= 11 is 0. The number of rotatable bonds is 10. The average Bonchev–Trinajstić information content (AvgIpc) is 3.40. The number of aryl methyl sites for hydroxylation is 1. The lowest BCUT2D eigenvalue weighted by Gasteiger charge is -2.42. The van der Waals surface area contributed by atoms with Gasteiger partial charge in [0.15, 0.2) is 0 Å². The molecule has 12 nitrogen and oxygen atoms in total. The number of carbonyl (C=O) groups is 3. The van der Waals surface area contributed by atoms with Gasteiger partial charge in [-0.15, -0.1) is 0 Å². The van der Waals surface area contributed by atoms with Crippen LogP contribution in [0.15, 0.2) is 41.3 Å². The number of nitrogens with one attached hydrogen (secondary N) is 2. The summed E-state index contributed by atoms with van der Waals surface area (Å²) < 4.78 is 56.4. The van der Waals surface area contributed by atoms with Crippen molar-refractivity contribution in [3.05, 3.63) is 69.1 Å². The highest BCUT2D eigenvalue weighted by Gasteiger charge is 2.43. The molecule has 5 heterocycles. The second-order valence-electron chi connectivity index (χ2n) is 15.9. The van der Waals surface area contributed by atoms with Gasteiger partial charge in [-0.1, -0.05) is 0 Å². The van der Waals surface area contributed by atoms with Crippen molar-refractivity contribution in [2.75, 3.05) is 50.6 Å². The van der Waals surface area contributed by atoms with Gasteiger partial charge in [-0.2, -0.15) is 13.2 Å². The maximum Gasteiger partial charge on any atom is 0.418 e. The number of benzene rings is 2. The van der Waals surface area contributed by atoms with Gasteiger partial charge in [-0.25, -0.2) is 0 Å². The van der Waals surface area contributed by atoms with E-state index in [1.807, 2.05) is 37.1 Å². The van der Waals surface area contributed by atoms with Gasteiger partial charge >= 0.3 is 6.18 Å². The maximum atomic E-state index is 14.3. The summed E-state index contributed by atoms with van der Waals surface area (Å²) in [5.74, 6) is 0.602. The van der Waals surface area contributed by atoms with E-state index in [1.54, 1.807) is 30.7 Å². The third-order valence-electron chi connectivity index (χ3n) is 12.5. The lowest BCUT2D eigenvalue weighted by atomic mass is 9.92. The number of aromatic nitrogens is 1. The smallest absolute Gasteiger partial charge is 0.418 e. The first-order valence-corrected chi connectivity index (χ1v) is 19.7. The predicted molar refractivity (Wildman–Crippen MR) is 209 cm³/mol. The number of piperidine rings is 2. The van der Waals surface area contributed by atoms with Crippen LogP contribution in [0.1, 0.15) is 67.2 Å². The minimum absolute atomic E-state index is 0.0319. The SMILES string of the molecule is COc1cc(-c2cn(C)c(=O)c(C)c2C)cc(OC)c1CN1C2CCC1CN(C(=O)CC1CCN(c3ccc(NC4CCC(=O)NC4=O)cc3C(F)(F)F)CC1)C2. The fraction of sp³-hybridized carbons (Fsp3) is 0.524. The van der Waals surface area contributed by atoms with Crippen molar-refractivity contribution in [2.45, 2.75) is 89.6 Å². The number of methoxy groups -OCH3 is 2. The zero-order valence-electron chi connectivity index (χ0n) is 33.1. The van der Waals surface area contributed by atoms with E-state index in [4.69, 9.17) is 9.47 Å². The molecule has 3 aromatic rings. The van der Waals surface area contributed by atoms with E-state index in [0.717, 1.165) is 41.2 Å². The number of fused-ring (bicyclic) bond motifs is 2. The number of alkyl halides is 3. The van der Waals surface area contributed by atoms with Crippen molar-refractivity contribution < 1.29 is 37.0 Å². The minimum Gasteiger partial charge on any atom is -0.496 e. The third-order valence-corrected chi connectivity index (χ3v) is 12.5. The third kappa shape index (κ3) is 8.21. The van der Waals surface area contributed by atoms with Crippen LogP contribution in [0, 0.1) is 19.8 Å². The maximum absolute atomic E-state index is 14.3. The molecule has 4 saturated heterocycles. The highest BCUT2D eigenvalue weighted by atomic mass is 19.4. The molecule has 7 rings (SSSR count). The number of carbonyl (C=O) groups excluding carboxylic acids is 3. The number of anilines is 2. The molecule has 4 aliphatic heterocycles. The first-order valence-electron chi connectivity index (χ1n) is 19.7. The van der Waals surface area contributed by atoms with Gasteiger partial charge < -0.3 is 29.2 Å². The van der Waals surface area contributed by atoms with Crippen molar-refractivity contribution in [3.63, 3.8) is 0 Å². The summed E-state index contributed by atoms with van der Waals surface area (Å²) in [6.07, 6.45) is 1.04. The Kier molecular flexibility index (Phi) is 11.3. The summed E-state index contributed by atoms with van der Waals surface area (Å²) in [6.45, 7) is 6.39. The van der Waals surface area contributed by atoms with Crippen LogP contribution in [0.2, 0.25) is 0 Å². The molecule has 57 heavy (non-hydrogen) atoms. The highest BCUT2D eigenvalue weighted by Crippen LogP contribution is 2.42. The summed E-state index contributed by atoms with van der Waals surface area (Å²) in [5, 5.41) is 5.07. The zero-order chi connectivity index (χ0) is 40.8. The molecule has 0 radical (unpaired) electrons. The van der Waals surface area contributed by atoms with Crippen molar-refractivity contribution in [1.82, 2.24) is 19.7 Å². The average molecular weight is 793 g/mol. The van der Waals surface area contributed by atoms with E-state index in [0.29, 0.717) is 69.0 Å². The molecule has 4 fully saturated rings. The Morgan fingerprint density at radius 1 is 0.912 bits per heavy atom. The van der Waals surface area contributed by atoms with Crippen molar-refractivity contribution >= 4 is 29.1 Å². The Balaban J connectivity index is 0.969. The Bertz CT molecular complexity index is 2070. The van der Waals surface area contributed by atoms with Crippen molar-refractivity contribution in [2.24, 2.45) is 13.0 Å². The van der Waals surface area contributed by atoms with Crippen LogP contribution in [0.5, 0.6) is 11.5 Å². The molecule has 0 aliphatic carbocycles. The predicted octanol–water partition coefficient (Wildman–Crippen LogP) is 5.40. The fourth-order valence-electron chi connectivity index (χ4n) is 9.11. The lowest BCUT2D eigenvalue weighted by Crippen LogP contribution is -2.55. The van der Waals surface area contributed by atoms with E-state index in [2.05, 4.69) is 15.5 Å². The number of likely N-dealkylation sites (tertiary alicyclic amines) is 1. The summed E-state index contributed by atoms with van der Waals surface area (Å²) in [7, 11) is 5.03. The summed E-state index contributed by atoms with van der Waals surface area (Å²) in [4.78, 5) is 56.1.